The standard InChI is InChI=1S/C6H13FO2/c1-6(3-8-2)4-9-5-7/h6H,3-5H2,1-2H3. The average molecular weight is 136 g/mol. The van der Waals surface area contributed by atoms with Crippen LogP contribution in [0.4, 0.5) is 4.39 Å². The van der Waals surface area contributed by atoms with Gasteiger partial charge >= 0.3 is 0 Å². The van der Waals surface area contributed by atoms with Crippen LogP contribution in [-0.2, 0) is 9.47 Å². The highest BCUT2D eigenvalue weighted by molar-refractivity contribution is 4.45. The molecule has 0 rings (SSSR count). The monoisotopic (exact) mass is 136 g/mol. The molecule has 0 spiro atoms. The normalized spacial score (nSPS) is 13.7. The van der Waals surface area contributed by atoms with Gasteiger partial charge < -0.3 is 9.47 Å². The van der Waals surface area contributed by atoms with E-state index in [0.29, 0.717) is 13.2 Å². The minimum atomic E-state index is -0.700. The molecule has 9 heavy (non-hydrogen) atoms. The summed E-state index contributed by atoms with van der Waals surface area (Å²) in [6.07, 6.45) is 0. The highest BCUT2D eigenvalue weighted by atomic mass is 19.1. The van der Waals surface area contributed by atoms with Gasteiger partial charge in [0.1, 0.15) is 0 Å². The maximum absolute atomic E-state index is 11.3. The Morgan fingerprint density at radius 3 is 2.56 bits per heavy atom. The van der Waals surface area contributed by atoms with Crippen LogP contribution >= 0.6 is 0 Å². The Morgan fingerprint density at radius 2 is 2.11 bits per heavy atom. The van der Waals surface area contributed by atoms with Gasteiger partial charge in [-0.05, 0) is 0 Å². The molecule has 0 aromatic carbocycles. The highest BCUT2D eigenvalue weighted by Gasteiger charge is 1.99. The molecule has 0 aromatic rings. The molecule has 2 nitrogen and oxygen atoms in total. The summed E-state index contributed by atoms with van der Waals surface area (Å²) in [5, 5.41) is 0. The molecule has 0 aliphatic carbocycles. The van der Waals surface area contributed by atoms with Gasteiger partial charge in [0.25, 0.3) is 0 Å². The van der Waals surface area contributed by atoms with Gasteiger partial charge in [-0.25, -0.2) is 4.39 Å². The number of halogens is 1. The third-order valence-corrected chi connectivity index (χ3v) is 0.931. The van der Waals surface area contributed by atoms with E-state index in [4.69, 9.17) is 4.74 Å². The first-order chi connectivity index (χ1) is 4.31. The summed E-state index contributed by atoms with van der Waals surface area (Å²) < 4.78 is 20.6. The van der Waals surface area contributed by atoms with Crippen LogP contribution < -0.4 is 0 Å². The van der Waals surface area contributed by atoms with Crippen molar-refractivity contribution in [3.8, 4) is 0 Å². The fourth-order valence-electron chi connectivity index (χ4n) is 0.578. The molecule has 0 fully saturated rings. The van der Waals surface area contributed by atoms with Crippen molar-refractivity contribution in [3.05, 3.63) is 0 Å². The Labute approximate surface area is 55.0 Å². The van der Waals surface area contributed by atoms with Gasteiger partial charge in [0.2, 0.25) is 0 Å². The fraction of sp³-hybridized carbons (Fsp3) is 1.00. The van der Waals surface area contributed by atoms with Gasteiger partial charge in [-0.2, -0.15) is 0 Å². The van der Waals surface area contributed by atoms with E-state index in [1.807, 2.05) is 6.92 Å². The van der Waals surface area contributed by atoms with Crippen LogP contribution in [0.15, 0.2) is 0 Å². The zero-order valence-corrected chi connectivity index (χ0v) is 5.89. The third kappa shape index (κ3) is 5.73. The summed E-state index contributed by atoms with van der Waals surface area (Å²) in [5.41, 5.74) is 0. The molecule has 1 atom stereocenters. The molecule has 0 heterocycles. The van der Waals surface area contributed by atoms with Crippen molar-refractivity contribution in [1.29, 1.82) is 0 Å². The van der Waals surface area contributed by atoms with Crippen molar-refractivity contribution in [2.45, 2.75) is 6.92 Å². The second-order valence-corrected chi connectivity index (χ2v) is 2.04. The SMILES string of the molecule is COCC(C)COCF. The van der Waals surface area contributed by atoms with Crippen LogP contribution in [0.3, 0.4) is 0 Å². The molecule has 0 saturated heterocycles. The molecule has 0 N–H and O–H groups in total. The van der Waals surface area contributed by atoms with Crippen molar-refractivity contribution < 1.29 is 13.9 Å². The topological polar surface area (TPSA) is 18.5 Å². The van der Waals surface area contributed by atoms with E-state index in [1.165, 1.54) is 0 Å². The number of ether oxygens (including phenoxy) is 2. The molecule has 0 amide bonds. The number of hydrogen-bond donors (Lipinski definition) is 0. The Balaban J connectivity index is 2.95. The van der Waals surface area contributed by atoms with Gasteiger partial charge in [0.15, 0.2) is 6.86 Å². The average Bonchev–Trinajstić information content (AvgIpc) is 1.85. The van der Waals surface area contributed by atoms with E-state index >= 15 is 0 Å². The number of methoxy groups -OCH3 is 1. The molecule has 0 radical (unpaired) electrons. The second kappa shape index (κ2) is 5.98. The van der Waals surface area contributed by atoms with Crippen LogP contribution in [0.25, 0.3) is 0 Å². The lowest BCUT2D eigenvalue weighted by Gasteiger charge is -2.07. The predicted molar refractivity (Wildman–Crippen MR) is 33.0 cm³/mol. The van der Waals surface area contributed by atoms with E-state index in [-0.39, 0.29) is 5.92 Å². The molecule has 56 valence electrons. The summed E-state index contributed by atoms with van der Waals surface area (Å²) in [6, 6.07) is 0. The Morgan fingerprint density at radius 1 is 1.44 bits per heavy atom. The highest BCUT2D eigenvalue weighted by Crippen LogP contribution is 1.95. The number of hydrogen-bond acceptors (Lipinski definition) is 2. The summed E-state index contributed by atoms with van der Waals surface area (Å²) >= 11 is 0. The Bertz CT molecular complexity index is 59.0. The van der Waals surface area contributed by atoms with Crippen molar-refractivity contribution in [3.63, 3.8) is 0 Å². The van der Waals surface area contributed by atoms with Crippen LogP contribution in [0.2, 0.25) is 0 Å². The lowest BCUT2D eigenvalue weighted by molar-refractivity contribution is 0.0188. The van der Waals surface area contributed by atoms with E-state index in [9.17, 15) is 4.39 Å². The Hall–Kier alpha value is -0.150. The molecule has 0 saturated carbocycles. The maximum atomic E-state index is 11.3. The van der Waals surface area contributed by atoms with E-state index in [2.05, 4.69) is 4.74 Å². The van der Waals surface area contributed by atoms with Crippen molar-refractivity contribution in [2.24, 2.45) is 5.92 Å². The summed E-state index contributed by atoms with van der Waals surface area (Å²) in [7, 11) is 1.62. The smallest absolute Gasteiger partial charge is 0.188 e. The van der Waals surface area contributed by atoms with Crippen LogP contribution in [0.5, 0.6) is 0 Å². The predicted octanol–water partition coefficient (Wildman–Crippen LogP) is 1.21. The minimum absolute atomic E-state index is 0.283. The first-order valence-corrected chi connectivity index (χ1v) is 2.94. The van der Waals surface area contributed by atoms with Crippen molar-refractivity contribution in [1.82, 2.24) is 0 Å². The van der Waals surface area contributed by atoms with Gasteiger partial charge in [-0.3, -0.25) is 0 Å². The lowest BCUT2D eigenvalue weighted by atomic mass is 10.2. The second-order valence-electron chi connectivity index (χ2n) is 2.04. The Kier molecular flexibility index (Phi) is 5.88. The molecular weight excluding hydrogens is 123 g/mol. The van der Waals surface area contributed by atoms with Crippen LogP contribution in [0.1, 0.15) is 6.92 Å². The summed E-state index contributed by atoms with van der Waals surface area (Å²) in [6.45, 7) is 2.30. The van der Waals surface area contributed by atoms with Gasteiger partial charge in [-0.15, -0.1) is 0 Å². The first-order valence-electron chi connectivity index (χ1n) is 2.94. The van der Waals surface area contributed by atoms with E-state index in [0.717, 1.165) is 0 Å². The zero-order chi connectivity index (χ0) is 7.11. The van der Waals surface area contributed by atoms with Crippen LogP contribution in [-0.4, -0.2) is 27.2 Å². The van der Waals surface area contributed by atoms with Gasteiger partial charge in [0.05, 0.1) is 13.2 Å². The fourth-order valence-corrected chi connectivity index (χ4v) is 0.578. The largest absolute Gasteiger partial charge is 0.384 e. The van der Waals surface area contributed by atoms with E-state index < -0.39 is 6.86 Å². The van der Waals surface area contributed by atoms with E-state index in [1.54, 1.807) is 7.11 Å². The van der Waals surface area contributed by atoms with Gasteiger partial charge in [0, 0.05) is 13.0 Å². The summed E-state index contributed by atoms with van der Waals surface area (Å²) in [5.74, 6) is 0.283. The van der Waals surface area contributed by atoms with Crippen molar-refractivity contribution >= 4 is 0 Å². The quantitative estimate of drug-likeness (QED) is 0.565. The number of alkyl halides is 1. The molecule has 0 aliphatic heterocycles. The maximum Gasteiger partial charge on any atom is 0.188 e. The number of rotatable bonds is 5. The third-order valence-electron chi connectivity index (χ3n) is 0.931. The molecule has 3 heteroatoms. The molecular formula is C6H13FO2. The molecule has 0 aliphatic rings. The van der Waals surface area contributed by atoms with Crippen molar-refractivity contribution in [2.75, 3.05) is 27.2 Å². The van der Waals surface area contributed by atoms with Crippen LogP contribution in [0, 0.1) is 5.92 Å². The summed E-state index contributed by atoms with van der Waals surface area (Å²) in [4.78, 5) is 0. The lowest BCUT2D eigenvalue weighted by Crippen LogP contribution is -2.10. The zero-order valence-electron chi connectivity index (χ0n) is 5.89. The minimum Gasteiger partial charge on any atom is -0.384 e. The molecule has 0 bridgehead atoms. The molecule has 1 unspecified atom stereocenters. The van der Waals surface area contributed by atoms with Gasteiger partial charge in [-0.1, -0.05) is 6.92 Å². The first kappa shape index (κ1) is 8.85. The molecule has 0 aromatic heterocycles.